The van der Waals surface area contributed by atoms with Gasteiger partial charge in [0.2, 0.25) is 10.0 Å². The van der Waals surface area contributed by atoms with Crippen LogP contribution in [0.4, 0.5) is 0 Å². The average Bonchev–Trinajstić information content (AvgIpc) is 2.76. The van der Waals surface area contributed by atoms with E-state index in [1.165, 1.54) is 39.5 Å². The molecule has 0 aliphatic carbocycles. The number of rotatable bonds is 6. The molecular weight excluding hydrogens is 468 g/mol. The van der Waals surface area contributed by atoms with E-state index in [1.807, 2.05) is 0 Å². The Morgan fingerprint density at radius 1 is 1.21 bits per heavy atom. The van der Waals surface area contributed by atoms with E-state index in [0.29, 0.717) is 16.5 Å². The number of esters is 1. The third-order valence-electron chi connectivity index (χ3n) is 5.21. The topological polar surface area (TPSA) is 110 Å². The Labute approximate surface area is 198 Å². The van der Waals surface area contributed by atoms with Gasteiger partial charge in [0.25, 0.3) is 5.91 Å². The van der Waals surface area contributed by atoms with Gasteiger partial charge in [-0.05, 0) is 45.0 Å². The summed E-state index contributed by atoms with van der Waals surface area (Å²) in [4.78, 5) is 35.9. The molecule has 176 valence electrons. The van der Waals surface area contributed by atoms with Crippen LogP contribution in [-0.2, 0) is 14.8 Å². The van der Waals surface area contributed by atoms with Crippen molar-refractivity contribution in [2.24, 2.45) is 0 Å². The summed E-state index contributed by atoms with van der Waals surface area (Å²) in [6.07, 6.45) is 1.42. The SMILES string of the molecule is C=CCOC(=O)c1c(C)nc(C)nc1C(=O)N1CCN(S(=O)(=O)c2ccc(Cl)cc2)C(C)C1. The number of aryl methyl sites for hydroxylation is 2. The van der Waals surface area contributed by atoms with Crippen LogP contribution in [0.15, 0.2) is 41.8 Å². The van der Waals surface area contributed by atoms with Gasteiger partial charge in [-0.15, -0.1) is 0 Å². The number of ether oxygens (including phenoxy) is 1. The predicted molar refractivity (Wildman–Crippen MR) is 123 cm³/mol. The van der Waals surface area contributed by atoms with E-state index >= 15 is 0 Å². The summed E-state index contributed by atoms with van der Waals surface area (Å²) in [5.41, 5.74) is 0.267. The summed E-state index contributed by atoms with van der Waals surface area (Å²) < 4.78 is 32.6. The lowest BCUT2D eigenvalue weighted by atomic mass is 10.1. The van der Waals surface area contributed by atoms with Crippen molar-refractivity contribution in [3.05, 3.63) is 64.7 Å². The van der Waals surface area contributed by atoms with Crippen molar-refractivity contribution in [2.45, 2.75) is 31.7 Å². The van der Waals surface area contributed by atoms with Gasteiger partial charge >= 0.3 is 5.97 Å². The second kappa shape index (κ2) is 9.98. The Balaban J connectivity index is 1.85. The molecule has 1 aliphatic rings. The van der Waals surface area contributed by atoms with Gasteiger partial charge in [-0.1, -0.05) is 24.3 Å². The fraction of sp³-hybridized carbons (Fsp3) is 0.364. The summed E-state index contributed by atoms with van der Waals surface area (Å²) in [6, 6.07) is 5.45. The number of benzene rings is 1. The lowest BCUT2D eigenvalue weighted by molar-refractivity contribution is 0.0529. The highest BCUT2D eigenvalue weighted by Crippen LogP contribution is 2.24. The van der Waals surface area contributed by atoms with Gasteiger partial charge < -0.3 is 9.64 Å². The largest absolute Gasteiger partial charge is 0.458 e. The molecule has 9 nitrogen and oxygen atoms in total. The molecule has 0 radical (unpaired) electrons. The van der Waals surface area contributed by atoms with E-state index < -0.39 is 27.9 Å². The molecule has 1 unspecified atom stereocenters. The van der Waals surface area contributed by atoms with Crippen LogP contribution >= 0.6 is 11.6 Å². The van der Waals surface area contributed by atoms with Crippen LogP contribution in [0.3, 0.4) is 0 Å². The molecule has 1 aliphatic heterocycles. The number of nitrogens with zero attached hydrogens (tertiary/aromatic N) is 4. The summed E-state index contributed by atoms with van der Waals surface area (Å²) >= 11 is 5.87. The van der Waals surface area contributed by atoms with Crippen LogP contribution in [-0.4, -0.2) is 71.8 Å². The molecule has 1 fully saturated rings. The second-order valence-corrected chi connectivity index (χ2v) is 9.96. The molecule has 0 spiro atoms. The molecule has 11 heteroatoms. The first-order valence-corrected chi connectivity index (χ1v) is 12.1. The molecule has 0 N–H and O–H groups in total. The van der Waals surface area contributed by atoms with Crippen LogP contribution < -0.4 is 0 Å². The molecule has 2 aromatic rings. The maximum atomic E-state index is 13.3. The Kier molecular flexibility index (Phi) is 7.51. The summed E-state index contributed by atoms with van der Waals surface area (Å²) in [7, 11) is -3.76. The average molecular weight is 493 g/mol. The van der Waals surface area contributed by atoms with Crippen LogP contribution in [0.1, 0.15) is 39.3 Å². The van der Waals surface area contributed by atoms with Gasteiger partial charge in [0.15, 0.2) is 0 Å². The van der Waals surface area contributed by atoms with Gasteiger partial charge in [0, 0.05) is 30.7 Å². The van der Waals surface area contributed by atoms with Gasteiger partial charge in [0.1, 0.15) is 23.7 Å². The van der Waals surface area contributed by atoms with Crippen LogP contribution in [0.25, 0.3) is 0 Å². The minimum atomic E-state index is -3.76. The van der Waals surface area contributed by atoms with Crippen molar-refractivity contribution in [1.29, 1.82) is 0 Å². The number of amides is 1. The lowest BCUT2D eigenvalue weighted by Crippen LogP contribution is -2.55. The smallest absolute Gasteiger partial charge is 0.342 e. The fourth-order valence-electron chi connectivity index (χ4n) is 3.69. The normalized spacial score (nSPS) is 17.0. The van der Waals surface area contributed by atoms with E-state index in [2.05, 4.69) is 16.5 Å². The molecule has 1 aromatic heterocycles. The van der Waals surface area contributed by atoms with Gasteiger partial charge in [-0.2, -0.15) is 4.31 Å². The molecule has 33 heavy (non-hydrogen) atoms. The maximum Gasteiger partial charge on any atom is 0.342 e. The Morgan fingerprint density at radius 3 is 2.48 bits per heavy atom. The zero-order chi connectivity index (χ0) is 24.3. The van der Waals surface area contributed by atoms with E-state index in [4.69, 9.17) is 16.3 Å². The van der Waals surface area contributed by atoms with Gasteiger partial charge in [-0.25, -0.2) is 23.2 Å². The number of halogens is 1. The van der Waals surface area contributed by atoms with Crippen molar-refractivity contribution in [1.82, 2.24) is 19.2 Å². The number of piperazine rings is 1. The van der Waals surface area contributed by atoms with Crippen molar-refractivity contribution in [2.75, 3.05) is 26.2 Å². The quantitative estimate of drug-likeness (QED) is 0.450. The van der Waals surface area contributed by atoms with Crippen molar-refractivity contribution < 1.29 is 22.7 Å². The first-order valence-electron chi connectivity index (χ1n) is 10.3. The number of carbonyl (C=O) groups excluding carboxylic acids is 2. The zero-order valence-corrected chi connectivity index (χ0v) is 20.2. The standard InChI is InChI=1S/C22H25ClN4O5S/c1-5-12-32-22(29)19-15(3)24-16(4)25-20(19)21(28)26-10-11-27(14(2)13-26)33(30,31)18-8-6-17(23)7-9-18/h5-9,14H,1,10-13H2,2-4H3. The highest BCUT2D eigenvalue weighted by molar-refractivity contribution is 7.89. The third-order valence-corrected chi connectivity index (χ3v) is 7.49. The van der Waals surface area contributed by atoms with Crippen LogP contribution in [0.5, 0.6) is 0 Å². The van der Waals surface area contributed by atoms with Crippen molar-refractivity contribution in [3.8, 4) is 0 Å². The first-order chi connectivity index (χ1) is 15.6. The lowest BCUT2D eigenvalue weighted by Gasteiger charge is -2.39. The number of carbonyl (C=O) groups is 2. The maximum absolute atomic E-state index is 13.3. The van der Waals surface area contributed by atoms with Crippen LogP contribution in [0, 0.1) is 13.8 Å². The molecule has 3 rings (SSSR count). The van der Waals surface area contributed by atoms with Crippen LogP contribution in [0.2, 0.25) is 5.02 Å². The summed E-state index contributed by atoms with van der Waals surface area (Å²) in [5.74, 6) is -0.856. The fourth-order valence-corrected chi connectivity index (χ4v) is 5.43. The van der Waals surface area contributed by atoms with Gasteiger partial charge in [-0.3, -0.25) is 4.79 Å². The highest BCUT2D eigenvalue weighted by atomic mass is 35.5. The molecule has 1 aromatic carbocycles. The first kappa shape index (κ1) is 24.8. The van der Waals surface area contributed by atoms with E-state index in [-0.39, 0.29) is 42.4 Å². The predicted octanol–water partition coefficient (Wildman–Crippen LogP) is 2.62. The molecule has 1 atom stereocenters. The molecule has 1 saturated heterocycles. The van der Waals surface area contributed by atoms with Crippen molar-refractivity contribution in [3.63, 3.8) is 0 Å². The summed E-state index contributed by atoms with van der Waals surface area (Å²) in [6.45, 7) is 8.82. The number of hydrogen-bond donors (Lipinski definition) is 0. The monoisotopic (exact) mass is 492 g/mol. The molecule has 0 saturated carbocycles. The van der Waals surface area contributed by atoms with Gasteiger partial charge in [0.05, 0.1) is 10.6 Å². The number of hydrogen-bond acceptors (Lipinski definition) is 7. The molecular formula is C22H25ClN4O5S. The Hall–Kier alpha value is -2.82. The minimum Gasteiger partial charge on any atom is -0.458 e. The zero-order valence-electron chi connectivity index (χ0n) is 18.6. The number of aromatic nitrogens is 2. The third kappa shape index (κ3) is 5.23. The van der Waals surface area contributed by atoms with E-state index in [1.54, 1.807) is 20.8 Å². The molecule has 0 bridgehead atoms. The van der Waals surface area contributed by atoms with E-state index in [0.717, 1.165) is 0 Å². The molecule has 1 amide bonds. The second-order valence-electron chi connectivity index (χ2n) is 7.64. The Morgan fingerprint density at radius 2 is 1.88 bits per heavy atom. The Bertz CT molecular complexity index is 1180. The number of sulfonamides is 1. The van der Waals surface area contributed by atoms with Crippen molar-refractivity contribution >= 4 is 33.5 Å². The highest BCUT2D eigenvalue weighted by Gasteiger charge is 2.37. The summed E-state index contributed by atoms with van der Waals surface area (Å²) in [5, 5.41) is 0.440. The minimum absolute atomic E-state index is 0.00341. The molecule has 2 heterocycles. The van der Waals surface area contributed by atoms with E-state index in [9.17, 15) is 18.0 Å².